The van der Waals surface area contributed by atoms with Crippen LogP contribution >= 0.6 is 0 Å². The monoisotopic (exact) mass is 230 g/mol. The highest BCUT2D eigenvalue weighted by Crippen LogP contribution is 2.41. The van der Waals surface area contributed by atoms with Crippen LogP contribution in [0.4, 0.5) is 0 Å². The Morgan fingerprint density at radius 1 is 1.47 bits per heavy atom. The molecule has 17 heavy (non-hydrogen) atoms. The fourth-order valence-electron chi connectivity index (χ4n) is 2.63. The van der Waals surface area contributed by atoms with Crippen molar-refractivity contribution in [2.75, 3.05) is 13.6 Å². The molecule has 0 bridgehead atoms. The minimum atomic E-state index is 0.175. The number of hydrogen-bond donors (Lipinski definition) is 1. The van der Waals surface area contributed by atoms with Gasteiger partial charge in [-0.2, -0.15) is 5.10 Å². The summed E-state index contributed by atoms with van der Waals surface area (Å²) in [7, 11) is 2.00. The number of hydrogen-bond acceptors (Lipinski definition) is 3. The first-order chi connectivity index (χ1) is 8.23. The molecule has 1 aliphatic carbocycles. The fourth-order valence-corrected chi connectivity index (χ4v) is 2.63. The predicted molar refractivity (Wildman–Crippen MR) is 67.2 cm³/mol. The first-order valence-electron chi connectivity index (χ1n) is 6.22. The van der Waals surface area contributed by atoms with E-state index in [1.54, 1.807) is 0 Å². The highest BCUT2D eigenvalue weighted by Gasteiger charge is 2.41. The van der Waals surface area contributed by atoms with Gasteiger partial charge in [-0.25, -0.2) is 9.50 Å². The normalized spacial score (nSPS) is 18.2. The Balaban J connectivity index is 2.05. The molecule has 0 saturated heterocycles. The third-order valence-corrected chi connectivity index (χ3v) is 3.79. The zero-order valence-corrected chi connectivity index (χ0v) is 10.4. The van der Waals surface area contributed by atoms with E-state index in [0.29, 0.717) is 0 Å². The van der Waals surface area contributed by atoms with Crippen LogP contribution in [0.1, 0.15) is 30.7 Å². The first kappa shape index (κ1) is 10.7. The predicted octanol–water partition coefficient (Wildman–Crippen LogP) is 1.68. The van der Waals surface area contributed by atoms with Crippen molar-refractivity contribution in [1.29, 1.82) is 0 Å². The van der Waals surface area contributed by atoms with Gasteiger partial charge in [0, 0.05) is 18.2 Å². The smallest absolute Gasteiger partial charge is 0.159 e. The second kappa shape index (κ2) is 3.81. The van der Waals surface area contributed by atoms with Crippen LogP contribution in [0.25, 0.3) is 5.65 Å². The van der Waals surface area contributed by atoms with Gasteiger partial charge in [0.25, 0.3) is 0 Å². The van der Waals surface area contributed by atoms with Gasteiger partial charge in [-0.1, -0.05) is 6.42 Å². The third-order valence-electron chi connectivity index (χ3n) is 3.79. The van der Waals surface area contributed by atoms with Crippen LogP contribution in [0.3, 0.4) is 0 Å². The van der Waals surface area contributed by atoms with E-state index in [4.69, 9.17) is 4.98 Å². The van der Waals surface area contributed by atoms with Gasteiger partial charge in [0.15, 0.2) is 11.5 Å². The number of likely N-dealkylation sites (N-methyl/N-ethyl adjacent to an activating group) is 1. The number of rotatable bonds is 3. The molecule has 1 fully saturated rings. The highest BCUT2D eigenvalue weighted by molar-refractivity contribution is 5.41. The van der Waals surface area contributed by atoms with Gasteiger partial charge in [-0.05, 0) is 44.5 Å². The molecular weight excluding hydrogens is 212 g/mol. The number of aryl methyl sites for hydroxylation is 1. The number of nitrogens with zero attached hydrogens (tertiary/aromatic N) is 3. The van der Waals surface area contributed by atoms with Crippen LogP contribution in [0.2, 0.25) is 0 Å². The summed E-state index contributed by atoms with van der Waals surface area (Å²) in [5, 5.41) is 7.91. The molecular formula is C13H18N4. The van der Waals surface area contributed by atoms with Crippen LogP contribution < -0.4 is 5.32 Å². The maximum Gasteiger partial charge on any atom is 0.159 e. The third kappa shape index (κ3) is 1.63. The molecule has 2 aromatic rings. The van der Waals surface area contributed by atoms with Crippen molar-refractivity contribution in [3.8, 4) is 0 Å². The van der Waals surface area contributed by atoms with Crippen molar-refractivity contribution >= 4 is 5.65 Å². The summed E-state index contributed by atoms with van der Waals surface area (Å²) in [5.41, 5.74) is 2.37. The Morgan fingerprint density at radius 3 is 2.94 bits per heavy atom. The van der Waals surface area contributed by atoms with Crippen molar-refractivity contribution in [3.63, 3.8) is 0 Å². The molecule has 0 spiro atoms. The zero-order chi connectivity index (χ0) is 11.9. The van der Waals surface area contributed by atoms with Crippen LogP contribution in [-0.4, -0.2) is 28.2 Å². The summed E-state index contributed by atoms with van der Waals surface area (Å²) in [6.45, 7) is 3.06. The van der Waals surface area contributed by atoms with Gasteiger partial charge in [-0.3, -0.25) is 0 Å². The molecule has 0 aliphatic heterocycles. The van der Waals surface area contributed by atoms with Crippen LogP contribution in [0.15, 0.2) is 18.3 Å². The number of fused-ring (bicyclic) bond motifs is 1. The van der Waals surface area contributed by atoms with E-state index in [1.165, 1.54) is 24.8 Å². The van der Waals surface area contributed by atoms with E-state index < -0.39 is 0 Å². The molecule has 0 amide bonds. The molecule has 90 valence electrons. The van der Waals surface area contributed by atoms with Crippen LogP contribution in [-0.2, 0) is 5.41 Å². The Morgan fingerprint density at radius 2 is 2.29 bits per heavy atom. The van der Waals surface area contributed by atoms with E-state index in [9.17, 15) is 0 Å². The average Bonchev–Trinajstić information content (AvgIpc) is 2.66. The molecule has 1 N–H and O–H groups in total. The quantitative estimate of drug-likeness (QED) is 0.872. The Hall–Kier alpha value is -1.42. The molecule has 0 unspecified atom stereocenters. The fraction of sp³-hybridized carbons (Fsp3) is 0.538. The van der Waals surface area contributed by atoms with Gasteiger partial charge < -0.3 is 5.32 Å². The summed E-state index contributed by atoms with van der Waals surface area (Å²) in [6, 6.07) is 4.15. The molecule has 0 radical (unpaired) electrons. The van der Waals surface area contributed by atoms with Crippen molar-refractivity contribution in [3.05, 3.63) is 29.7 Å². The zero-order valence-electron chi connectivity index (χ0n) is 10.4. The van der Waals surface area contributed by atoms with E-state index >= 15 is 0 Å². The lowest BCUT2D eigenvalue weighted by Crippen LogP contribution is -2.43. The van der Waals surface area contributed by atoms with E-state index in [2.05, 4.69) is 29.5 Å². The topological polar surface area (TPSA) is 42.2 Å². The lowest BCUT2D eigenvalue weighted by atomic mass is 9.68. The van der Waals surface area contributed by atoms with Crippen LogP contribution in [0, 0.1) is 6.92 Å². The molecule has 2 heterocycles. The molecule has 4 heteroatoms. The van der Waals surface area contributed by atoms with Gasteiger partial charge in [0.1, 0.15) is 0 Å². The van der Waals surface area contributed by atoms with E-state index in [0.717, 1.165) is 18.0 Å². The van der Waals surface area contributed by atoms with Crippen molar-refractivity contribution in [2.45, 2.75) is 31.6 Å². The summed E-state index contributed by atoms with van der Waals surface area (Å²) >= 11 is 0. The summed E-state index contributed by atoms with van der Waals surface area (Å²) in [5.74, 6) is 1.00. The van der Waals surface area contributed by atoms with Gasteiger partial charge in [-0.15, -0.1) is 0 Å². The minimum absolute atomic E-state index is 0.175. The SMILES string of the molecule is CNCC1(c2nc3cc(C)ccn3n2)CCC1. The molecule has 2 aromatic heterocycles. The minimum Gasteiger partial charge on any atom is -0.319 e. The molecule has 1 saturated carbocycles. The Bertz CT molecular complexity index is 539. The summed E-state index contributed by atoms with van der Waals surface area (Å²) < 4.78 is 1.89. The molecule has 0 aromatic carbocycles. The lowest BCUT2D eigenvalue weighted by Gasteiger charge is -2.39. The number of pyridine rings is 1. The number of nitrogens with one attached hydrogen (secondary N) is 1. The van der Waals surface area contributed by atoms with Gasteiger partial charge >= 0.3 is 0 Å². The second-order valence-electron chi connectivity index (χ2n) is 5.11. The van der Waals surface area contributed by atoms with Crippen molar-refractivity contribution in [1.82, 2.24) is 19.9 Å². The summed E-state index contributed by atoms with van der Waals surface area (Å²) in [6.07, 6.45) is 5.68. The maximum atomic E-state index is 4.70. The van der Waals surface area contributed by atoms with E-state index in [-0.39, 0.29) is 5.41 Å². The van der Waals surface area contributed by atoms with Gasteiger partial charge in [0.2, 0.25) is 0 Å². The molecule has 4 nitrogen and oxygen atoms in total. The first-order valence-corrected chi connectivity index (χ1v) is 6.22. The highest BCUT2D eigenvalue weighted by atomic mass is 15.3. The number of aromatic nitrogens is 3. The van der Waals surface area contributed by atoms with Crippen molar-refractivity contribution in [2.24, 2.45) is 0 Å². The Labute approximate surface area is 101 Å². The largest absolute Gasteiger partial charge is 0.319 e. The van der Waals surface area contributed by atoms with Crippen LogP contribution in [0.5, 0.6) is 0 Å². The average molecular weight is 230 g/mol. The molecule has 0 atom stereocenters. The van der Waals surface area contributed by atoms with E-state index in [1.807, 2.05) is 17.8 Å². The Kier molecular flexibility index (Phi) is 2.40. The summed E-state index contributed by atoms with van der Waals surface area (Å²) in [4.78, 5) is 4.70. The molecule has 1 aliphatic rings. The lowest BCUT2D eigenvalue weighted by molar-refractivity contribution is 0.225. The standard InChI is InChI=1S/C13H18N4/c1-10-4-7-17-11(8-10)15-12(16-17)13(9-14-2)5-3-6-13/h4,7-8,14H,3,5-6,9H2,1-2H3. The molecule has 3 rings (SSSR count). The van der Waals surface area contributed by atoms with Gasteiger partial charge in [0.05, 0.1) is 0 Å². The second-order valence-corrected chi connectivity index (χ2v) is 5.11. The maximum absolute atomic E-state index is 4.70. The van der Waals surface area contributed by atoms with Crippen molar-refractivity contribution < 1.29 is 0 Å².